The average Bonchev–Trinajstić information content (AvgIpc) is 2.99. The summed E-state index contributed by atoms with van der Waals surface area (Å²) in [6.07, 6.45) is 2.08. The van der Waals surface area contributed by atoms with Crippen LogP contribution in [-0.2, 0) is 11.2 Å². The Morgan fingerprint density at radius 2 is 2.29 bits per heavy atom. The van der Waals surface area contributed by atoms with Crippen LogP contribution in [0, 0.1) is 0 Å². The molecule has 1 aromatic rings. The van der Waals surface area contributed by atoms with Crippen molar-refractivity contribution in [1.29, 1.82) is 0 Å². The normalized spacial score (nSPS) is 14.6. The predicted molar refractivity (Wildman–Crippen MR) is 61.9 cm³/mol. The fraction of sp³-hybridized carbons (Fsp3) is 0.500. The molecule has 1 heterocycles. The number of rotatable bonds is 5. The van der Waals surface area contributed by atoms with E-state index in [0.29, 0.717) is 12.0 Å². The molecular formula is C10H14N4O3. The summed E-state index contributed by atoms with van der Waals surface area (Å²) in [6, 6.07) is 0.363. The van der Waals surface area contributed by atoms with Gasteiger partial charge in [-0.3, -0.25) is 14.6 Å². The second-order valence-electron chi connectivity index (χ2n) is 4.09. The number of nitrogen functional groups attached to an aromatic ring is 1. The number of hydrogen-bond acceptors (Lipinski definition) is 5. The fourth-order valence-corrected chi connectivity index (χ4v) is 1.48. The zero-order chi connectivity index (χ0) is 12.4. The predicted octanol–water partition coefficient (Wildman–Crippen LogP) is -0.0564. The summed E-state index contributed by atoms with van der Waals surface area (Å²) in [5, 5.41) is 11.6. The monoisotopic (exact) mass is 238 g/mol. The van der Waals surface area contributed by atoms with Crippen LogP contribution in [0.5, 0.6) is 0 Å². The molecule has 0 aliphatic heterocycles. The molecule has 0 atom stereocenters. The number of aromatic amines is 1. The molecule has 0 bridgehead atoms. The lowest BCUT2D eigenvalue weighted by Gasteiger charge is -2.07. The van der Waals surface area contributed by atoms with Crippen molar-refractivity contribution in [1.82, 2.24) is 9.97 Å². The van der Waals surface area contributed by atoms with E-state index in [-0.39, 0.29) is 29.8 Å². The van der Waals surface area contributed by atoms with E-state index in [4.69, 9.17) is 10.8 Å². The van der Waals surface area contributed by atoms with Crippen molar-refractivity contribution >= 4 is 17.7 Å². The maximum atomic E-state index is 11.7. The quantitative estimate of drug-likeness (QED) is 0.570. The first kappa shape index (κ1) is 11.4. The van der Waals surface area contributed by atoms with Crippen LogP contribution in [-0.4, -0.2) is 27.1 Å². The molecule has 1 fully saturated rings. The number of hydrogen-bond donors (Lipinski definition) is 4. The summed E-state index contributed by atoms with van der Waals surface area (Å²) >= 11 is 0. The van der Waals surface area contributed by atoms with Gasteiger partial charge in [-0.2, -0.15) is 4.98 Å². The van der Waals surface area contributed by atoms with Gasteiger partial charge in [0.05, 0.1) is 5.56 Å². The Morgan fingerprint density at radius 3 is 2.82 bits per heavy atom. The van der Waals surface area contributed by atoms with Crippen LogP contribution in [0.1, 0.15) is 24.8 Å². The standard InChI is InChI=1S/C10H14N4O3/c11-8-6(3-4-7(15)16)9(17)14-10(13-8)12-5-1-2-5/h5H,1-4H2,(H,15,16)(H4,11,12,13,14,17). The summed E-state index contributed by atoms with van der Waals surface area (Å²) in [5.74, 6) is -0.517. The second kappa shape index (κ2) is 4.44. The van der Waals surface area contributed by atoms with Crippen LogP contribution in [0.15, 0.2) is 4.79 Å². The van der Waals surface area contributed by atoms with Crippen molar-refractivity contribution in [3.63, 3.8) is 0 Å². The Bertz CT molecular complexity index is 493. The molecule has 7 heteroatoms. The van der Waals surface area contributed by atoms with Gasteiger partial charge in [-0.05, 0) is 19.3 Å². The number of H-pyrrole nitrogens is 1. The minimum Gasteiger partial charge on any atom is -0.481 e. The van der Waals surface area contributed by atoms with E-state index in [1.807, 2.05) is 0 Å². The largest absolute Gasteiger partial charge is 0.481 e. The highest BCUT2D eigenvalue weighted by atomic mass is 16.4. The average molecular weight is 238 g/mol. The van der Waals surface area contributed by atoms with Gasteiger partial charge in [0.15, 0.2) is 0 Å². The lowest BCUT2D eigenvalue weighted by Crippen LogP contribution is -2.21. The van der Waals surface area contributed by atoms with Crippen molar-refractivity contribution in [2.45, 2.75) is 31.7 Å². The minimum atomic E-state index is -0.969. The van der Waals surface area contributed by atoms with Gasteiger partial charge in [0, 0.05) is 12.5 Å². The Kier molecular flexibility index (Phi) is 2.99. The highest BCUT2D eigenvalue weighted by Gasteiger charge is 2.22. The third-order valence-corrected chi connectivity index (χ3v) is 2.55. The zero-order valence-corrected chi connectivity index (χ0v) is 9.19. The van der Waals surface area contributed by atoms with Crippen molar-refractivity contribution in [2.24, 2.45) is 0 Å². The van der Waals surface area contributed by atoms with E-state index in [0.717, 1.165) is 12.8 Å². The Balaban J connectivity index is 2.15. The zero-order valence-electron chi connectivity index (χ0n) is 9.19. The number of carbonyl (C=O) groups is 1. The lowest BCUT2D eigenvalue weighted by molar-refractivity contribution is -0.136. The van der Waals surface area contributed by atoms with Crippen LogP contribution in [0.25, 0.3) is 0 Å². The van der Waals surface area contributed by atoms with Crippen molar-refractivity contribution in [3.05, 3.63) is 15.9 Å². The maximum absolute atomic E-state index is 11.7. The van der Waals surface area contributed by atoms with E-state index in [9.17, 15) is 9.59 Å². The lowest BCUT2D eigenvalue weighted by atomic mass is 10.2. The molecule has 17 heavy (non-hydrogen) atoms. The molecule has 1 aliphatic carbocycles. The summed E-state index contributed by atoms with van der Waals surface area (Å²) < 4.78 is 0. The van der Waals surface area contributed by atoms with E-state index >= 15 is 0 Å². The smallest absolute Gasteiger partial charge is 0.303 e. The highest BCUT2D eigenvalue weighted by molar-refractivity contribution is 5.67. The van der Waals surface area contributed by atoms with Gasteiger partial charge >= 0.3 is 5.97 Å². The number of carboxylic acids is 1. The maximum Gasteiger partial charge on any atom is 0.303 e. The van der Waals surface area contributed by atoms with Crippen molar-refractivity contribution in [2.75, 3.05) is 11.1 Å². The number of nitrogens with zero attached hydrogens (tertiary/aromatic N) is 1. The molecule has 0 radical (unpaired) electrons. The van der Waals surface area contributed by atoms with Crippen molar-refractivity contribution < 1.29 is 9.90 Å². The molecule has 0 unspecified atom stereocenters. The summed E-state index contributed by atoms with van der Waals surface area (Å²) in [6.45, 7) is 0. The molecule has 2 rings (SSSR count). The number of aliphatic carboxylic acids is 1. The second-order valence-corrected chi connectivity index (χ2v) is 4.09. The molecule has 7 nitrogen and oxygen atoms in total. The number of carboxylic acid groups (broad SMARTS) is 1. The Labute approximate surface area is 97.1 Å². The van der Waals surface area contributed by atoms with E-state index < -0.39 is 5.97 Å². The highest BCUT2D eigenvalue weighted by Crippen LogP contribution is 2.22. The SMILES string of the molecule is Nc1nc(NC2CC2)[nH]c(=O)c1CCC(=O)O. The Hall–Kier alpha value is -2.05. The number of nitrogens with two attached hydrogens (primary N) is 1. The van der Waals surface area contributed by atoms with Crippen LogP contribution in [0.4, 0.5) is 11.8 Å². The Morgan fingerprint density at radius 1 is 1.59 bits per heavy atom. The molecule has 1 aromatic heterocycles. The van der Waals surface area contributed by atoms with Crippen LogP contribution >= 0.6 is 0 Å². The summed E-state index contributed by atoms with van der Waals surface area (Å²) in [7, 11) is 0. The first-order valence-corrected chi connectivity index (χ1v) is 5.43. The molecule has 1 saturated carbocycles. The van der Waals surface area contributed by atoms with Gasteiger partial charge in [-0.1, -0.05) is 0 Å². The minimum absolute atomic E-state index is 0.0905. The summed E-state index contributed by atoms with van der Waals surface area (Å²) in [5.41, 5.74) is 5.50. The van der Waals surface area contributed by atoms with E-state index in [1.54, 1.807) is 0 Å². The van der Waals surface area contributed by atoms with Gasteiger partial charge in [-0.15, -0.1) is 0 Å². The van der Waals surface area contributed by atoms with E-state index in [2.05, 4.69) is 15.3 Å². The number of nitrogens with one attached hydrogen (secondary N) is 2. The molecule has 5 N–H and O–H groups in total. The van der Waals surface area contributed by atoms with Gasteiger partial charge < -0.3 is 16.2 Å². The molecule has 0 saturated heterocycles. The van der Waals surface area contributed by atoms with Gasteiger partial charge in [-0.25, -0.2) is 0 Å². The molecule has 92 valence electrons. The number of aromatic nitrogens is 2. The molecular weight excluding hydrogens is 224 g/mol. The van der Waals surface area contributed by atoms with E-state index in [1.165, 1.54) is 0 Å². The molecule has 0 aromatic carbocycles. The third kappa shape index (κ3) is 2.96. The van der Waals surface area contributed by atoms with Crippen LogP contribution < -0.4 is 16.6 Å². The first-order valence-electron chi connectivity index (χ1n) is 5.43. The fourth-order valence-electron chi connectivity index (χ4n) is 1.48. The third-order valence-electron chi connectivity index (χ3n) is 2.55. The molecule has 1 aliphatic rings. The topological polar surface area (TPSA) is 121 Å². The summed E-state index contributed by atoms with van der Waals surface area (Å²) in [4.78, 5) is 28.7. The molecule has 0 amide bonds. The number of anilines is 2. The first-order chi connectivity index (χ1) is 8.06. The van der Waals surface area contributed by atoms with Crippen molar-refractivity contribution in [3.8, 4) is 0 Å². The van der Waals surface area contributed by atoms with Crippen LogP contribution in [0.2, 0.25) is 0 Å². The molecule has 0 spiro atoms. The van der Waals surface area contributed by atoms with Crippen LogP contribution in [0.3, 0.4) is 0 Å². The van der Waals surface area contributed by atoms with Gasteiger partial charge in [0.25, 0.3) is 5.56 Å². The van der Waals surface area contributed by atoms with Gasteiger partial charge in [0.2, 0.25) is 5.95 Å². The van der Waals surface area contributed by atoms with Gasteiger partial charge in [0.1, 0.15) is 5.82 Å².